The largest absolute Gasteiger partial charge is 0.462 e. The first-order valence-electron chi connectivity index (χ1n) is 9.53. The van der Waals surface area contributed by atoms with E-state index in [1.165, 1.54) is 5.56 Å². The summed E-state index contributed by atoms with van der Waals surface area (Å²) < 4.78 is 5.06. The summed E-state index contributed by atoms with van der Waals surface area (Å²) >= 11 is 5.56. The number of carbonyl (C=O) groups excluding carboxylic acids is 1. The van der Waals surface area contributed by atoms with Gasteiger partial charge in [0, 0.05) is 5.69 Å². The van der Waals surface area contributed by atoms with Gasteiger partial charge in [-0.1, -0.05) is 66.2 Å². The van der Waals surface area contributed by atoms with Crippen molar-refractivity contribution in [1.82, 2.24) is 5.32 Å². The van der Waals surface area contributed by atoms with E-state index in [-0.39, 0.29) is 12.0 Å². The highest BCUT2D eigenvalue weighted by atomic mass is 32.1. The van der Waals surface area contributed by atoms with Gasteiger partial charge in [-0.15, -0.1) is 0 Å². The molecule has 0 bridgehead atoms. The molecule has 0 aromatic heterocycles. The first kappa shape index (κ1) is 20.6. The topological polar surface area (TPSA) is 50.4 Å². The minimum absolute atomic E-state index is 0.0926. The number of nitrogens with one attached hydrogen (secondary N) is 2. The fourth-order valence-corrected chi connectivity index (χ4v) is 3.24. The standard InChI is InChI=1S/C24H24N2O2S/c1-3-28-23(27)20-10-7-11-21(16-20)25-24(29)26-22(18-8-5-4-6-9-18)19-14-12-17(2)13-15-19/h4-16,22H,3H2,1-2H3,(H2,25,26,29)/t22-/m1/s1. The predicted molar refractivity (Wildman–Crippen MR) is 121 cm³/mol. The van der Waals surface area contributed by atoms with Crippen molar-refractivity contribution in [2.75, 3.05) is 11.9 Å². The summed E-state index contributed by atoms with van der Waals surface area (Å²) in [7, 11) is 0. The molecule has 29 heavy (non-hydrogen) atoms. The van der Waals surface area contributed by atoms with Gasteiger partial charge in [0.05, 0.1) is 18.2 Å². The van der Waals surface area contributed by atoms with Crippen LogP contribution in [0, 0.1) is 6.92 Å². The van der Waals surface area contributed by atoms with E-state index in [9.17, 15) is 4.79 Å². The molecule has 0 aliphatic carbocycles. The van der Waals surface area contributed by atoms with Gasteiger partial charge in [0.2, 0.25) is 0 Å². The number of benzene rings is 3. The molecule has 3 aromatic carbocycles. The van der Waals surface area contributed by atoms with Crippen molar-refractivity contribution < 1.29 is 9.53 Å². The first-order chi connectivity index (χ1) is 14.1. The van der Waals surface area contributed by atoms with Crippen LogP contribution in [-0.4, -0.2) is 17.7 Å². The van der Waals surface area contributed by atoms with Crippen LogP contribution < -0.4 is 10.6 Å². The Bertz CT molecular complexity index is 972. The molecule has 0 saturated carbocycles. The Morgan fingerprint density at radius 2 is 1.66 bits per heavy atom. The summed E-state index contributed by atoms with van der Waals surface area (Å²) in [4.78, 5) is 12.0. The Hall–Kier alpha value is -3.18. The van der Waals surface area contributed by atoms with E-state index in [0.717, 1.165) is 16.8 Å². The third-order valence-corrected chi connectivity index (χ3v) is 4.67. The fraction of sp³-hybridized carbons (Fsp3) is 0.167. The molecular formula is C24H24N2O2S. The number of carbonyl (C=O) groups is 1. The highest BCUT2D eigenvalue weighted by Crippen LogP contribution is 2.23. The van der Waals surface area contributed by atoms with Gasteiger partial charge in [-0.3, -0.25) is 0 Å². The summed E-state index contributed by atoms with van der Waals surface area (Å²) in [5.41, 5.74) is 4.64. The second-order valence-corrected chi connectivity index (χ2v) is 7.06. The maximum atomic E-state index is 12.0. The van der Waals surface area contributed by atoms with Gasteiger partial charge in [0.15, 0.2) is 5.11 Å². The Morgan fingerprint density at radius 1 is 0.966 bits per heavy atom. The van der Waals surface area contributed by atoms with Gasteiger partial charge in [-0.2, -0.15) is 0 Å². The smallest absolute Gasteiger partial charge is 0.338 e. The molecule has 5 heteroatoms. The molecule has 3 rings (SSSR count). The molecule has 0 aliphatic rings. The molecule has 0 fully saturated rings. The van der Waals surface area contributed by atoms with Gasteiger partial charge in [-0.05, 0) is 55.4 Å². The van der Waals surface area contributed by atoms with E-state index in [0.29, 0.717) is 17.3 Å². The number of anilines is 1. The summed E-state index contributed by atoms with van der Waals surface area (Å²) in [6.45, 7) is 4.19. The summed E-state index contributed by atoms with van der Waals surface area (Å²) in [6.07, 6.45) is 0. The molecule has 4 nitrogen and oxygen atoms in total. The van der Waals surface area contributed by atoms with Crippen molar-refractivity contribution in [2.24, 2.45) is 0 Å². The molecule has 0 unspecified atom stereocenters. The Labute approximate surface area is 176 Å². The van der Waals surface area contributed by atoms with Crippen LogP contribution in [0.2, 0.25) is 0 Å². The van der Waals surface area contributed by atoms with E-state index in [1.54, 1.807) is 25.1 Å². The van der Waals surface area contributed by atoms with E-state index in [1.807, 2.05) is 24.3 Å². The Morgan fingerprint density at radius 3 is 2.34 bits per heavy atom. The summed E-state index contributed by atoms with van der Waals surface area (Å²) in [5, 5.41) is 7.04. The monoisotopic (exact) mass is 404 g/mol. The average Bonchev–Trinajstić information content (AvgIpc) is 2.74. The molecule has 0 radical (unpaired) electrons. The first-order valence-corrected chi connectivity index (χ1v) is 9.94. The maximum Gasteiger partial charge on any atom is 0.338 e. The SMILES string of the molecule is CCOC(=O)c1cccc(NC(=S)N[C@H](c2ccccc2)c2ccc(C)cc2)c1. The molecule has 0 heterocycles. The molecule has 2 N–H and O–H groups in total. The number of hydrogen-bond acceptors (Lipinski definition) is 3. The molecular weight excluding hydrogens is 380 g/mol. The minimum atomic E-state index is -0.350. The van der Waals surface area contributed by atoms with Crippen molar-refractivity contribution in [1.29, 1.82) is 0 Å². The van der Waals surface area contributed by atoms with Crippen molar-refractivity contribution >= 4 is 29.0 Å². The number of hydrogen-bond donors (Lipinski definition) is 2. The van der Waals surface area contributed by atoms with Crippen molar-refractivity contribution in [3.05, 3.63) is 101 Å². The van der Waals surface area contributed by atoms with E-state index in [4.69, 9.17) is 17.0 Å². The predicted octanol–water partition coefficient (Wildman–Crippen LogP) is 5.25. The molecule has 148 valence electrons. The van der Waals surface area contributed by atoms with Crippen LogP contribution in [0.1, 0.15) is 40.0 Å². The second kappa shape index (κ2) is 9.85. The number of ether oxygens (including phenoxy) is 1. The maximum absolute atomic E-state index is 12.0. The number of rotatable bonds is 6. The van der Waals surface area contributed by atoms with Gasteiger partial charge < -0.3 is 15.4 Å². The average molecular weight is 405 g/mol. The van der Waals surface area contributed by atoms with Crippen molar-refractivity contribution in [2.45, 2.75) is 19.9 Å². The van der Waals surface area contributed by atoms with Crippen molar-refractivity contribution in [3.8, 4) is 0 Å². The van der Waals surface area contributed by atoms with E-state index in [2.05, 4.69) is 54.0 Å². The van der Waals surface area contributed by atoms with Crippen LogP contribution in [0.3, 0.4) is 0 Å². The van der Waals surface area contributed by atoms with Crippen LogP contribution >= 0.6 is 12.2 Å². The van der Waals surface area contributed by atoms with Crippen molar-refractivity contribution in [3.63, 3.8) is 0 Å². The second-order valence-electron chi connectivity index (χ2n) is 6.65. The lowest BCUT2D eigenvalue weighted by atomic mass is 9.98. The number of thiocarbonyl (C=S) groups is 1. The number of aryl methyl sites for hydroxylation is 1. The third kappa shape index (κ3) is 5.65. The highest BCUT2D eigenvalue weighted by Gasteiger charge is 2.15. The molecule has 0 saturated heterocycles. The Kier molecular flexibility index (Phi) is 6.98. The lowest BCUT2D eigenvalue weighted by Gasteiger charge is -2.22. The zero-order chi connectivity index (χ0) is 20.6. The van der Waals surface area contributed by atoms with Crippen LogP contribution in [0.15, 0.2) is 78.9 Å². The quantitative estimate of drug-likeness (QED) is 0.434. The van der Waals surface area contributed by atoms with Crippen LogP contribution in [0.5, 0.6) is 0 Å². The van der Waals surface area contributed by atoms with Crippen LogP contribution in [0.25, 0.3) is 0 Å². The van der Waals surface area contributed by atoms with E-state index < -0.39 is 0 Å². The van der Waals surface area contributed by atoms with Gasteiger partial charge in [0.1, 0.15) is 0 Å². The number of esters is 1. The zero-order valence-corrected chi connectivity index (χ0v) is 17.3. The van der Waals surface area contributed by atoms with Crippen LogP contribution in [-0.2, 0) is 4.74 Å². The molecule has 0 aliphatic heterocycles. The van der Waals surface area contributed by atoms with Gasteiger partial charge >= 0.3 is 5.97 Å². The molecule has 1 atom stereocenters. The molecule has 3 aromatic rings. The van der Waals surface area contributed by atoms with Crippen LogP contribution in [0.4, 0.5) is 5.69 Å². The molecule has 0 spiro atoms. The zero-order valence-electron chi connectivity index (χ0n) is 16.5. The summed E-state index contributed by atoms with van der Waals surface area (Å²) in [6, 6.07) is 25.6. The summed E-state index contributed by atoms with van der Waals surface area (Å²) in [5.74, 6) is -0.350. The fourth-order valence-electron chi connectivity index (χ4n) is 3.00. The lowest BCUT2D eigenvalue weighted by molar-refractivity contribution is 0.0526. The van der Waals surface area contributed by atoms with E-state index >= 15 is 0 Å². The lowest BCUT2D eigenvalue weighted by Crippen LogP contribution is -2.33. The third-order valence-electron chi connectivity index (χ3n) is 4.45. The minimum Gasteiger partial charge on any atom is -0.462 e. The van der Waals surface area contributed by atoms with Gasteiger partial charge in [-0.25, -0.2) is 4.79 Å². The van der Waals surface area contributed by atoms with Gasteiger partial charge in [0.25, 0.3) is 0 Å². The molecule has 0 amide bonds. The Balaban J connectivity index is 1.78. The normalized spacial score (nSPS) is 11.4. The highest BCUT2D eigenvalue weighted by molar-refractivity contribution is 7.80.